The second-order valence-corrected chi connectivity index (χ2v) is 3.92. The first-order valence-corrected chi connectivity index (χ1v) is 4.90. The standard InChI is InChI=1S/C9H15N5O/c1-4-5(2)12-7-6(11-4)8(15)14(3)9(10)13-7/h4-5,11-12H,1-3H3,(H2,10,13)/t4-,5+/m0/s1. The van der Waals surface area contributed by atoms with E-state index in [0.29, 0.717) is 11.5 Å². The highest BCUT2D eigenvalue weighted by Gasteiger charge is 2.24. The normalized spacial score (nSPS) is 23.9. The topological polar surface area (TPSA) is 85.0 Å². The van der Waals surface area contributed by atoms with Gasteiger partial charge in [0.1, 0.15) is 5.69 Å². The van der Waals surface area contributed by atoms with Crippen LogP contribution in [0.4, 0.5) is 17.5 Å². The van der Waals surface area contributed by atoms with Crippen LogP contribution < -0.4 is 21.9 Å². The third-order valence-electron chi connectivity index (χ3n) is 2.81. The molecule has 4 N–H and O–H groups in total. The minimum absolute atomic E-state index is 0.149. The maximum atomic E-state index is 11.8. The Balaban J connectivity index is 2.59. The highest BCUT2D eigenvalue weighted by atomic mass is 16.1. The van der Waals surface area contributed by atoms with Crippen molar-refractivity contribution < 1.29 is 0 Å². The van der Waals surface area contributed by atoms with Crippen LogP contribution in [0, 0.1) is 0 Å². The van der Waals surface area contributed by atoms with Crippen molar-refractivity contribution in [2.24, 2.45) is 7.05 Å². The van der Waals surface area contributed by atoms with Crippen molar-refractivity contribution in [2.75, 3.05) is 16.4 Å². The van der Waals surface area contributed by atoms with Crippen LogP contribution in [0.25, 0.3) is 0 Å². The molecule has 2 heterocycles. The van der Waals surface area contributed by atoms with Gasteiger partial charge in [-0.3, -0.25) is 9.36 Å². The van der Waals surface area contributed by atoms with Crippen LogP contribution in [0.5, 0.6) is 0 Å². The van der Waals surface area contributed by atoms with Crippen LogP contribution in [-0.2, 0) is 7.05 Å². The van der Waals surface area contributed by atoms with Gasteiger partial charge in [0.2, 0.25) is 5.95 Å². The minimum atomic E-state index is -0.149. The Bertz CT molecular complexity index is 453. The van der Waals surface area contributed by atoms with E-state index in [9.17, 15) is 4.79 Å². The molecule has 0 aliphatic carbocycles. The fourth-order valence-electron chi connectivity index (χ4n) is 1.55. The van der Waals surface area contributed by atoms with Gasteiger partial charge in [0, 0.05) is 19.1 Å². The zero-order valence-electron chi connectivity index (χ0n) is 9.03. The quantitative estimate of drug-likeness (QED) is 0.559. The summed E-state index contributed by atoms with van der Waals surface area (Å²) in [5, 5.41) is 6.28. The van der Waals surface area contributed by atoms with Gasteiger partial charge < -0.3 is 16.4 Å². The predicted octanol–water partition coefficient (Wildman–Crippen LogP) is -0.0231. The van der Waals surface area contributed by atoms with E-state index in [1.807, 2.05) is 13.8 Å². The van der Waals surface area contributed by atoms with Gasteiger partial charge in [-0.15, -0.1) is 0 Å². The van der Waals surface area contributed by atoms with Crippen LogP contribution >= 0.6 is 0 Å². The largest absolute Gasteiger partial charge is 0.373 e. The Morgan fingerprint density at radius 1 is 1.33 bits per heavy atom. The van der Waals surface area contributed by atoms with Crippen molar-refractivity contribution in [1.29, 1.82) is 0 Å². The lowest BCUT2D eigenvalue weighted by molar-refractivity contribution is 0.651. The molecule has 0 radical (unpaired) electrons. The number of nitrogen functional groups attached to an aromatic ring is 1. The predicted molar refractivity (Wildman–Crippen MR) is 60.1 cm³/mol. The molecule has 82 valence electrons. The van der Waals surface area contributed by atoms with E-state index in [1.54, 1.807) is 7.05 Å². The second-order valence-electron chi connectivity index (χ2n) is 3.92. The van der Waals surface area contributed by atoms with Gasteiger partial charge in [-0.05, 0) is 13.8 Å². The fourth-order valence-corrected chi connectivity index (χ4v) is 1.55. The third kappa shape index (κ3) is 1.42. The molecule has 0 amide bonds. The van der Waals surface area contributed by atoms with Gasteiger partial charge in [-0.1, -0.05) is 0 Å². The van der Waals surface area contributed by atoms with Crippen molar-refractivity contribution in [3.05, 3.63) is 10.4 Å². The van der Waals surface area contributed by atoms with E-state index in [1.165, 1.54) is 4.57 Å². The molecule has 1 aliphatic heterocycles. The van der Waals surface area contributed by atoms with Crippen molar-refractivity contribution >= 4 is 17.5 Å². The fraction of sp³-hybridized carbons (Fsp3) is 0.556. The Kier molecular flexibility index (Phi) is 2.06. The first-order chi connectivity index (χ1) is 7.00. The van der Waals surface area contributed by atoms with Gasteiger partial charge in [-0.25, -0.2) is 0 Å². The summed E-state index contributed by atoms with van der Waals surface area (Å²) >= 11 is 0. The van der Waals surface area contributed by atoms with Crippen molar-refractivity contribution in [1.82, 2.24) is 9.55 Å². The van der Waals surface area contributed by atoms with Crippen molar-refractivity contribution in [3.63, 3.8) is 0 Å². The molecule has 2 atom stereocenters. The van der Waals surface area contributed by atoms with Crippen molar-refractivity contribution in [3.8, 4) is 0 Å². The van der Waals surface area contributed by atoms with Gasteiger partial charge in [-0.2, -0.15) is 4.98 Å². The summed E-state index contributed by atoms with van der Waals surface area (Å²) in [5.74, 6) is 0.760. The van der Waals surface area contributed by atoms with E-state index in [2.05, 4.69) is 15.6 Å². The second kappa shape index (κ2) is 3.15. The Labute approximate surface area is 87.5 Å². The summed E-state index contributed by atoms with van der Waals surface area (Å²) in [7, 11) is 1.61. The molecule has 2 rings (SSSR count). The molecule has 0 spiro atoms. The smallest absolute Gasteiger partial charge is 0.280 e. The third-order valence-corrected chi connectivity index (χ3v) is 2.81. The van der Waals surface area contributed by atoms with Gasteiger partial charge in [0.05, 0.1) is 0 Å². The molecule has 1 aromatic rings. The van der Waals surface area contributed by atoms with E-state index in [0.717, 1.165) is 0 Å². The van der Waals surface area contributed by atoms with E-state index in [-0.39, 0.29) is 23.6 Å². The Hall–Kier alpha value is -1.72. The van der Waals surface area contributed by atoms with E-state index < -0.39 is 0 Å². The molecular formula is C9H15N5O. The lowest BCUT2D eigenvalue weighted by Crippen LogP contribution is -2.43. The van der Waals surface area contributed by atoms with Crippen LogP contribution in [0.15, 0.2) is 4.79 Å². The molecule has 0 bridgehead atoms. The van der Waals surface area contributed by atoms with Gasteiger partial charge in [0.25, 0.3) is 5.56 Å². The maximum Gasteiger partial charge on any atom is 0.280 e. The molecule has 0 unspecified atom stereocenters. The summed E-state index contributed by atoms with van der Waals surface area (Å²) in [6.45, 7) is 4.03. The summed E-state index contributed by atoms with van der Waals surface area (Å²) in [5.41, 5.74) is 5.96. The highest BCUT2D eigenvalue weighted by Crippen LogP contribution is 2.23. The van der Waals surface area contributed by atoms with Gasteiger partial charge >= 0.3 is 0 Å². The number of fused-ring (bicyclic) bond motifs is 1. The summed E-state index contributed by atoms with van der Waals surface area (Å²) < 4.78 is 1.33. The number of nitrogens with one attached hydrogen (secondary N) is 2. The maximum absolute atomic E-state index is 11.8. The lowest BCUT2D eigenvalue weighted by atomic mass is 10.1. The number of nitrogens with two attached hydrogens (primary N) is 1. The molecular weight excluding hydrogens is 194 g/mol. The Morgan fingerprint density at radius 3 is 2.60 bits per heavy atom. The first kappa shape index (κ1) is 9.82. The van der Waals surface area contributed by atoms with E-state index >= 15 is 0 Å². The zero-order valence-corrected chi connectivity index (χ0v) is 9.03. The number of hydrogen-bond donors (Lipinski definition) is 3. The number of aromatic nitrogens is 2. The molecule has 6 nitrogen and oxygen atoms in total. The van der Waals surface area contributed by atoms with Crippen LogP contribution in [-0.4, -0.2) is 21.6 Å². The molecule has 1 aromatic heterocycles. The number of anilines is 3. The highest BCUT2D eigenvalue weighted by molar-refractivity contribution is 5.68. The average Bonchev–Trinajstić information content (AvgIpc) is 2.19. The number of nitrogens with zero attached hydrogens (tertiary/aromatic N) is 2. The van der Waals surface area contributed by atoms with Crippen LogP contribution in [0.3, 0.4) is 0 Å². The molecule has 1 aliphatic rings. The molecule has 0 saturated carbocycles. The molecule has 0 aromatic carbocycles. The Morgan fingerprint density at radius 2 is 1.93 bits per heavy atom. The van der Waals surface area contributed by atoms with Crippen LogP contribution in [0.1, 0.15) is 13.8 Å². The van der Waals surface area contributed by atoms with E-state index in [4.69, 9.17) is 5.73 Å². The number of rotatable bonds is 0. The minimum Gasteiger partial charge on any atom is -0.373 e. The lowest BCUT2D eigenvalue weighted by Gasteiger charge is -2.30. The van der Waals surface area contributed by atoms with Gasteiger partial charge in [0.15, 0.2) is 5.82 Å². The monoisotopic (exact) mass is 209 g/mol. The first-order valence-electron chi connectivity index (χ1n) is 4.90. The molecule has 15 heavy (non-hydrogen) atoms. The van der Waals surface area contributed by atoms with Crippen molar-refractivity contribution in [2.45, 2.75) is 25.9 Å². The molecule has 0 fully saturated rings. The summed E-state index contributed by atoms with van der Waals surface area (Å²) in [4.78, 5) is 16.0. The van der Waals surface area contributed by atoms with Crippen LogP contribution in [0.2, 0.25) is 0 Å². The zero-order chi connectivity index (χ0) is 11.2. The molecule has 0 saturated heterocycles. The number of hydrogen-bond acceptors (Lipinski definition) is 5. The SMILES string of the molecule is C[C@@H]1Nc2c(nc(N)n(C)c2=O)N[C@@H]1C. The summed E-state index contributed by atoms with van der Waals surface area (Å²) in [6, 6.07) is 0.409. The molecule has 6 heteroatoms. The average molecular weight is 209 g/mol. The summed E-state index contributed by atoms with van der Waals surface area (Å²) in [6.07, 6.45) is 0.